The molecule has 0 aliphatic rings. The van der Waals surface area contributed by atoms with Crippen molar-refractivity contribution >= 4 is 45.9 Å². The third-order valence-corrected chi connectivity index (χ3v) is 6.54. The predicted molar refractivity (Wildman–Crippen MR) is 115 cm³/mol. The summed E-state index contributed by atoms with van der Waals surface area (Å²) in [6.45, 7) is 7.19. The normalized spacial score (nSPS) is 11.0. The number of amides is 1. The van der Waals surface area contributed by atoms with Gasteiger partial charge in [0, 0.05) is 19.8 Å². The van der Waals surface area contributed by atoms with Crippen LogP contribution in [0.5, 0.6) is 5.88 Å². The highest BCUT2D eigenvalue weighted by molar-refractivity contribution is 8.01. The van der Waals surface area contributed by atoms with Crippen LogP contribution in [0.3, 0.4) is 0 Å². The molecule has 13 heteroatoms. The SMILES string of the molecule is CCOc1nn(CC)cc1-c1nnc(SCC(=O)Nc2nnc(SCC)s2)n1C. The summed E-state index contributed by atoms with van der Waals surface area (Å²) >= 11 is 4.26. The summed E-state index contributed by atoms with van der Waals surface area (Å²) in [5.74, 6) is 2.10. The minimum atomic E-state index is -0.169. The van der Waals surface area contributed by atoms with Crippen molar-refractivity contribution in [3.05, 3.63) is 6.20 Å². The van der Waals surface area contributed by atoms with Crippen molar-refractivity contribution in [1.82, 2.24) is 34.7 Å². The van der Waals surface area contributed by atoms with E-state index in [1.54, 1.807) is 16.4 Å². The van der Waals surface area contributed by atoms with Gasteiger partial charge in [0.2, 0.25) is 16.9 Å². The first-order valence-electron chi connectivity index (χ1n) is 9.04. The first-order valence-corrected chi connectivity index (χ1v) is 11.8. The van der Waals surface area contributed by atoms with Crippen molar-refractivity contribution in [2.24, 2.45) is 7.05 Å². The molecule has 0 bridgehead atoms. The zero-order chi connectivity index (χ0) is 20.8. The lowest BCUT2D eigenvalue weighted by atomic mass is 10.3. The molecule has 3 aromatic heterocycles. The second-order valence-electron chi connectivity index (χ2n) is 5.64. The molecule has 0 saturated heterocycles. The van der Waals surface area contributed by atoms with Crippen LogP contribution >= 0.6 is 34.9 Å². The number of ether oxygens (including phenoxy) is 1. The van der Waals surface area contributed by atoms with Crippen LogP contribution in [0.25, 0.3) is 11.4 Å². The molecule has 0 aliphatic carbocycles. The van der Waals surface area contributed by atoms with E-state index in [0.29, 0.717) is 28.6 Å². The van der Waals surface area contributed by atoms with Gasteiger partial charge in [0.05, 0.1) is 12.4 Å². The maximum Gasteiger partial charge on any atom is 0.243 e. The van der Waals surface area contributed by atoms with Crippen LogP contribution in [0.1, 0.15) is 20.8 Å². The molecule has 1 amide bonds. The molecule has 0 atom stereocenters. The number of hydrogen-bond donors (Lipinski definition) is 1. The fourth-order valence-electron chi connectivity index (χ4n) is 2.37. The summed E-state index contributed by atoms with van der Waals surface area (Å²) in [7, 11) is 1.85. The number of nitrogens with zero attached hydrogens (tertiary/aromatic N) is 7. The largest absolute Gasteiger partial charge is 0.476 e. The second-order valence-corrected chi connectivity index (χ2v) is 9.08. The topological polar surface area (TPSA) is 113 Å². The highest BCUT2D eigenvalue weighted by Crippen LogP contribution is 2.30. The van der Waals surface area contributed by atoms with Crippen molar-refractivity contribution in [3.63, 3.8) is 0 Å². The monoisotopic (exact) mass is 454 g/mol. The summed E-state index contributed by atoms with van der Waals surface area (Å²) < 4.78 is 10.1. The van der Waals surface area contributed by atoms with Crippen molar-refractivity contribution in [1.29, 1.82) is 0 Å². The number of carbonyl (C=O) groups is 1. The molecule has 156 valence electrons. The van der Waals surface area contributed by atoms with E-state index >= 15 is 0 Å². The fourth-order valence-corrected chi connectivity index (χ4v) is 4.74. The van der Waals surface area contributed by atoms with Gasteiger partial charge in [-0.05, 0) is 19.6 Å². The van der Waals surface area contributed by atoms with Crippen LogP contribution in [0.2, 0.25) is 0 Å². The van der Waals surface area contributed by atoms with Gasteiger partial charge in [-0.3, -0.25) is 14.8 Å². The molecular formula is C16H22N8O2S3. The van der Waals surface area contributed by atoms with Crippen molar-refractivity contribution in [2.75, 3.05) is 23.4 Å². The molecule has 29 heavy (non-hydrogen) atoms. The molecule has 0 saturated carbocycles. The Balaban J connectivity index is 1.65. The Bertz CT molecular complexity index is 967. The molecule has 0 unspecified atom stereocenters. The molecule has 3 rings (SSSR count). The molecule has 1 N–H and O–H groups in total. The van der Waals surface area contributed by atoms with Gasteiger partial charge >= 0.3 is 0 Å². The fraction of sp³-hybridized carbons (Fsp3) is 0.500. The number of anilines is 1. The second kappa shape index (κ2) is 10.1. The van der Waals surface area contributed by atoms with E-state index in [1.165, 1.54) is 23.1 Å². The van der Waals surface area contributed by atoms with Gasteiger partial charge < -0.3 is 9.30 Å². The number of aromatic nitrogens is 7. The van der Waals surface area contributed by atoms with Gasteiger partial charge in [-0.25, -0.2) is 0 Å². The average molecular weight is 455 g/mol. The standard InChI is InChI=1S/C16H22N8O2S3/c1-5-24-8-10(13(22-24)26-6-2)12-18-20-15(23(12)4)28-9-11(25)17-14-19-21-16(29-14)27-7-3/h8H,5-7,9H2,1-4H3,(H,17,19,25). The third-order valence-electron chi connectivity index (χ3n) is 3.66. The lowest BCUT2D eigenvalue weighted by Crippen LogP contribution is -2.14. The molecule has 3 heterocycles. The van der Waals surface area contributed by atoms with Gasteiger partial charge in [-0.1, -0.05) is 41.8 Å². The first-order chi connectivity index (χ1) is 14.0. The van der Waals surface area contributed by atoms with Gasteiger partial charge in [-0.2, -0.15) is 0 Å². The molecule has 0 aromatic carbocycles. The Morgan fingerprint density at radius 3 is 2.76 bits per heavy atom. The number of rotatable bonds is 10. The molecule has 10 nitrogen and oxygen atoms in total. The van der Waals surface area contributed by atoms with Crippen molar-refractivity contribution in [2.45, 2.75) is 36.8 Å². The van der Waals surface area contributed by atoms with Gasteiger partial charge in [0.25, 0.3) is 0 Å². The van der Waals surface area contributed by atoms with E-state index in [1.807, 2.05) is 38.6 Å². The number of nitrogens with one attached hydrogen (secondary N) is 1. The Morgan fingerprint density at radius 1 is 1.21 bits per heavy atom. The van der Waals surface area contributed by atoms with E-state index in [4.69, 9.17) is 4.74 Å². The molecule has 0 radical (unpaired) electrons. The van der Waals surface area contributed by atoms with Crippen LogP contribution in [-0.4, -0.2) is 58.8 Å². The Morgan fingerprint density at radius 2 is 2.03 bits per heavy atom. The summed E-state index contributed by atoms with van der Waals surface area (Å²) in [4.78, 5) is 12.2. The van der Waals surface area contributed by atoms with E-state index in [2.05, 4.69) is 30.8 Å². The molecule has 3 aromatic rings. The molecular weight excluding hydrogens is 432 g/mol. The summed E-state index contributed by atoms with van der Waals surface area (Å²) in [5, 5.41) is 24.8. The average Bonchev–Trinajstić information content (AvgIpc) is 3.40. The Kier molecular flexibility index (Phi) is 7.50. The predicted octanol–water partition coefficient (Wildman–Crippen LogP) is 2.79. The maximum atomic E-state index is 12.2. The van der Waals surface area contributed by atoms with Crippen LogP contribution in [-0.2, 0) is 18.4 Å². The van der Waals surface area contributed by atoms with E-state index < -0.39 is 0 Å². The molecule has 0 spiro atoms. The smallest absolute Gasteiger partial charge is 0.243 e. The first kappa shape index (κ1) is 21.6. The van der Waals surface area contributed by atoms with Crippen LogP contribution in [0.4, 0.5) is 5.13 Å². The van der Waals surface area contributed by atoms with Crippen molar-refractivity contribution in [3.8, 4) is 17.3 Å². The Labute approximate surface area is 180 Å². The summed E-state index contributed by atoms with van der Waals surface area (Å²) in [6.07, 6.45) is 1.89. The Hall–Kier alpha value is -2.12. The minimum Gasteiger partial charge on any atom is -0.476 e. The van der Waals surface area contributed by atoms with E-state index in [0.717, 1.165) is 22.2 Å². The van der Waals surface area contributed by atoms with Gasteiger partial charge in [0.1, 0.15) is 5.56 Å². The minimum absolute atomic E-state index is 0.169. The van der Waals surface area contributed by atoms with Crippen LogP contribution in [0.15, 0.2) is 15.7 Å². The maximum absolute atomic E-state index is 12.2. The summed E-state index contributed by atoms with van der Waals surface area (Å²) in [6, 6.07) is 0. The van der Waals surface area contributed by atoms with E-state index in [9.17, 15) is 4.79 Å². The number of thioether (sulfide) groups is 2. The number of aryl methyl sites for hydroxylation is 1. The third kappa shape index (κ3) is 5.28. The lowest BCUT2D eigenvalue weighted by Gasteiger charge is -2.04. The zero-order valence-corrected chi connectivity index (χ0v) is 19.0. The van der Waals surface area contributed by atoms with Crippen LogP contribution < -0.4 is 10.1 Å². The number of hydrogen-bond acceptors (Lipinski definition) is 10. The lowest BCUT2D eigenvalue weighted by molar-refractivity contribution is -0.113. The summed E-state index contributed by atoms with van der Waals surface area (Å²) in [5.41, 5.74) is 0.773. The van der Waals surface area contributed by atoms with Gasteiger partial charge in [0.15, 0.2) is 15.3 Å². The molecule has 0 fully saturated rings. The highest BCUT2D eigenvalue weighted by atomic mass is 32.2. The highest BCUT2D eigenvalue weighted by Gasteiger charge is 2.20. The van der Waals surface area contributed by atoms with E-state index in [-0.39, 0.29) is 11.7 Å². The van der Waals surface area contributed by atoms with Crippen molar-refractivity contribution < 1.29 is 9.53 Å². The molecule has 0 aliphatic heterocycles. The quantitative estimate of drug-likeness (QED) is 0.365. The zero-order valence-electron chi connectivity index (χ0n) is 16.6. The van der Waals surface area contributed by atoms with Gasteiger partial charge in [-0.15, -0.1) is 25.5 Å². The van der Waals surface area contributed by atoms with Crippen LogP contribution in [0, 0.1) is 0 Å². The number of carbonyl (C=O) groups excluding carboxylic acids is 1.